The monoisotopic (exact) mass is 279 g/mol. The molecular weight excluding hydrogens is 262 g/mol. The number of hydrogen-bond donors (Lipinski definition) is 1. The Kier molecular flexibility index (Phi) is 4.57. The third-order valence-corrected chi connectivity index (χ3v) is 3.71. The molecule has 0 aliphatic heterocycles. The van der Waals surface area contributed by atoms with Crippen molar-refractivity contribution in [3.63, 3.8) is 0 Å². The van der Waals surface area contributed by atoms with Gasteiger partial charge in [0.1, 0.15) is 5.01 Å². The van der Waals surface area contributed by atoms with Crippen LogP contribution in [0.4, 0.5) is 5.13 Å². The molecule has 0 atom stereocenters. The number of para-hydroxylation sites is 1. The molecule has 102 valence electrons. The number of aromatic nitrogens is 2. The summed E-state index contributed by atoms with van der Waals surface area (Å²) in [4.78, 5) is 0. The maximum atomic E-state index is 5.38. The lowest BCUT2D eigenvalue weighted by Gasteiger charge is -2.12. The van der Waals surface area contributed by atoms with Gasteiger partial charge in [0.2, 0.25) is 5.13 Å². The van der Waals surface area contributed by atoms with E-state index < -0.39 is 0 Å². The average molecular weight is 279 g/mol. The molecule has 5 nitrogen and oxygen atoms in total. The molecule has 0 saturated carbocycles. The maximum absolute atomic E-state index is 5.38. The number of nitrogens with one attached hydrogen (secondary N) is 1. The predicted octanol–water partition coefficient (Wildman–Crippen LogP) is 2.73. The van der Waals surface area contributed by atoms with E-state index in [-0.39, 0.29) is 0 Å². The number of rotatable bonds is 6. The summed E-state index contributed by atoms with van der Waals surface area (Å²) in [6, 6.07) is 5.81. The van der Waals surface area contributed by atoms with Crippen molar-refractivity contribution >= 4 is 16.5 Å². The van der Waals surface area contributed by atoms with E-state index in [4.69, 9.17) is 9.47 Å². The predicted molar refractivity (Wildman–Crippen MR) is 76.2 cm³/mol. The van der Waals surface area contributed by atoms with Crippen molar-refractivity contribution in [3.8, 4) is 11.5 Å². The second-order valence-electron chi connectivity index (χ2n) is 3.86. The van der Waals surface area contributed by atoms with E-state index in [1.807, 2.05) is 18.2 Å². The summed E-state index contributed by atoms with van der Waals surface area (Å²) in [5.41, 5.74) is 1.02. The molecule has 0 aliphatic rings. The second kappa shape index (κ2) is 6.38. The normalized spacial score (nSPS) is 10.3. The number of anilines is 1. The van der Waals surface area contributed by atoms with Gasteiger partial charge in [-0.15, -0.1) is 10.2 Å². The highest BCUT2D eigenvalue weighted by Gasteiger charge is 2.10. The minimum atomic E-state index is 0.624. The van der Waals surface area contributed by atoms with E-state index in [0.29, 0.717) is 6.54 Å². The fraction of sp³-hybridized carbons (Fsp3) is 0.385. The van der Waals surface area contributed by atoms with Gasteiger partial charge in [0.05, 0.1) is 14.2 Å². The van der Waals surface area contributed by atoms with Gasteiger partial charge in [0.15, 0.2) is 11.5 Å². The molecule has 0 fully saturated rings. The van der Waals surface area contributed by atoms with Crippen molar-refractivity contribution in [2.24, 2.45) is 0 Å². The molecule has 2 aromatic rings. The van der Waals surface area contributed by atoms with Crippen LogP contribution in [0.1, 0.15) is 17.5 Å². The molecule has 0 radical (unpaired) electrons. The molecule has 0 amide bonds. The van der Waals surface area contributed by atoms with Crippen LogP contribution < -0.4 is 14.8 Å². The van der Waals surface area contributed by atoms with Crippen molar-refractivity contribution in [3.05, 3.63) is 28.8 Å². The summed E-state index contributed by atoms with van der Waals surface area (Å²) in [5.74, 6) is 1.48. The fourth-order valence-corrected chi connectivity index (χ4v) is 2.41. The van der Waals surface area contributed by atoms with Gasteiger partial charge in [-0.05, 0) is 12.5 Å². The van der Waals surface area contributed by atoms with Gasteiger partial charge in [-0.3, -0.25) is 0 Å². The Hall–Kier alpha value is -1.82. The Balaban J connectivity index is 2.10. The summed E-state index contributed by atoms with van der Waals surface area (Å²) in [5, 5.41) is 13.3. The first-order valence-electron chi connectivity index (χ1n) is 6.04. The molecule has 6 heteroatoms. The van der Waals surface area contributed by atoms with E-state index in [9.17, 15) is 0 Å². The molecule has 0 aliphatic carbocycles. The van der Waals surface area contributed by atoms with Crippen LogP contribution in [0.25, 0.3) is 0 Å². The standard InChI is InChI=1S/C13H17N3O2S/c1-4-11-15-16-13(19-11)14-8-9-6-5-7-10(17-2)12(9)18-3/h5-7H,4,8H2,1-3H3,(H,14,16). The van der Waals surface area contributed by atoms with Gasteiger partial charge >= 0.3 is 0 Å². The number of nitrogens with zero attached hydrogens (tertiary/aromatic N) is 2. The number of methoxy groups -OCH3 is 2. The van der Waals surface area contributed by atoms with Crippen LogP contribution in [-0.2, 0) is 13.0 Å². The number of benzene rings is 1. The molecule has 1 heterocycles. The van der Waals surface area contributed by atoms with Crippen molar-refractivity contribution in [1.82, 2.24) is 10.2 Å². The Morgan fingerprint density at radius 3 is 2.68 bits per heavy atom. The third kappa shape index (κ3) is 3.14. The highest BCUT2D eigenvalue weighted by atomic mass is 32.1. The number of hydrogen-bond acceptors (Lipinski definition) is 6. The van der Waals surface area contributed by atoms with Crippen LogP contribution in [0.2, 0.25) is 0 Å². The zero-order chi connectivity index (χ0) is 13.7. The molecule has 2 rings (SSSR count). The van der Waals surface area contributed by atoms with E-state index in [1.165, 1.54) is 0 Å². The molecule has 0 saturated heterocycles. The summed E-state index contributed by atoms with van der Waals surface area (Å²) < 4.78 is 10.7. The SMILES string of the molecule is CCc1nnc(NCc2cccc(OC)c2OC)s1. The van der Waals surface area contributed by atoms with Crippen LogP contribution in [0.5, 0.6) is 11.5 Å². The summed E-state index contributed by atoms with van der Waals surface area (Å²) in [6.07, 6.45) is 0.905. The minimum Gasteiger partial charge on any atom is -0.493 e. The Morgan fingerprint density at radius 1 is 1.21 bits per heavy atom. The summed E-state index contributed by atoms with van der Waals surface area (Å²) in [6.45, 7) is 2.69. The molecular formula is C13H17N3O2S. The third-order valence-electron chi connectivity index (χ3n) is 2.68. The smallest absolute Gasteiger partial charge is 0.205 e. The first-order chi connectivity index (χ1) is 9.28. The molecule has 0 unspecified atom stereocenters. The van der Waals surface area contributed by atoms with Gasteiger partial charge in [-0.1, -0.05) is 30.4 Å². The van der Waals surface area contributed by atoms with Gasteiger partial charge in [-0.2, -0.15) is 0 Å². The van der Waals surface area contributed by atoms with Gasteiger partial charge in [0.25, 0.3) is 0 Å². The van der Waals surface area contributed by atoms with Crippen molar-refractivity contribution in [2.45, 2.75) is 19.9 Å². The lowest BCUT2D eigenvalue weighted by atomic mass is 10.2. The van der Waals surface area contributed by atoms with Crippen LogP contribution in [0.3, 0.4) is 0 Å². The second-order valence-corrected chi connectivity index (χ2v) is 4.92. The number of ether oxygens (including phenoxy) is 2. The van der Waals surface area contributed by atoms with Crippen molar-refractivity contribution in [1.29, 1.82) is 0 Å². The molecule has 0 bridgehead atoms. The molecule has 1 aromatic carbocycles. The van der Waals surface area contributed by atoms with Gasteiger partial charge in [0, 0.05) is 12.1 Å². The first kappa shape index (κ1) is 13.6. The largest absolute Gasteiger partial charge is 0.493 e. The van der Waals surface area contributed by atoms with Crippen molar-refractivity contribution < 1.29 is 9.47 Å². The summed E-state index contributed by atoms with van der Waals surface area (Å²) >= 11 is 1.57. The summed E-state index contributed by atoms with van der Waals surface area (Å²) in [7, 11) is 3.27. The molecule has 1 aromatic heterocycles. The fourth-order valence-electron chi connectivity index (χ4n) is 1.73. The topological polar surface area (TPSA) is 56.3 Å². The lowest BCUT2D eigenvalue weighted by molar-refractivity contribution is 0.352. The van der Waals surface area contributed by atoms with Crippen molar-refractivity contribution in [2.75, 3.05) is 19.5 Å². The van der Waals surface area contributed by atoms with Crippen LogP contribution in [0, 0.1) is 0 Å². The Morgan fingerprint density at radius 2 is 2.05 bits per heavy atom. The Labute approximate surface area is 116 Å². The van der Waals surface area contributed by atoms with Crippen LogP contribution in [-0.4, -0.2) is 24.4 Å². The highest BCUT2D eigenvalue weighted by molar-refractivity contribution is 7.15. The van der Waals surface area contributed by atoms with Crippen LogP contribution >= 0.6 is 11.3 Å². The Bertz CT molecular complexity index is 542. The van der Waals surface area contributed by atoms with Crippen LogP contribution in [0.15, 0.2) is 18.2 Å². The quantitative estimate of drug-likeness (QED) is 0.881. The van der Waals surface area contributed by atoms with E-state index in [2.05, 4.69) is 22.4 Å². The van der Waals surface area contributed by atoms with Gasteiger partial charge in [-0.25, -0.2) is 0 Å². The lowest BCUT2D eigenvalue weighted by Crippen LogP contribution is -2.02. The zero-order valence-corrected chi connectivity index (χ0v) is 12.1. The van der Waals surface area contributed by atoms with E-state index in [1.54, 1.807) is 25.6 Å². The zero-order valence-electron chi connectivity index (χ0n) is 11.3. The molecule has 1 N–H and O–H groups in total. The van der Waals surface area contributed by atoms with E-state index >= 15 is 0 Å². The molecule has 0 spiro atoms. The first-order valence-corrected chi connectivity index (χ1v) is 6.86. The van der Waals surface area contributed by atoms with E-state index in [0.717, 1.165) is 33.6 Å². The maximum Gasteiger partial charge on any atom is 0.205 e. The van der Waals surface area contributed by atoms with Gasteiger partial charge < -0.3 is 14.8 Å². The molecule has 19 heavy (non-hydrogen) atoms. The highest BCUT2D eigenvalue weighted by Crippen LogP contribution is 2.31. The minimum absolute atomic E-state index is 0.624. The average Bonchev–Trinajstić information content (AvgIpc) is 2.92. The number of aryl methyl sites for hydroxylation is 1.